The van der Waals surface area contributed by atoms with Gasteiger partial charge in [-0.15, -0.1) is 0 Å². The fourth-order valence-electron chi connectivity index (χ4n) is 2.76. The molecule has 0 atom stereocenters. The van der Waals surface area contributed by atoms with Gasteiger partial charge in [-0.25, -0.2) is 0 Å². The predicted octanol–water partition coefficient (Wildman–Crippen LogP) is 3.18. The second-order valence-corrected chi connectivity index (χ2v) is 6.31. The molecular formula is C15H19ClN2O2S. The number of thiocarbonyl (C=S) groups is 1. The molecular weight excluding hydrogens is 308 g/mol. The first-order valence-corrected chi connectivity index (χ1v) is 7.97. The predicted molar refractivity (Wildman–Crippen MR) is 87.9 cm³/mol. The number of nitrogens with zero attached hydrogens (tertiary/aromatic N) is 1. The van der Waals surface area contributed by atoms with Crippen LogP contribution in [0.15, 0.2) is 18.2 Å². The third-order valence-electron chi connectivity index (χ3n) is 4.07. The van der Waals surface area contributed by atoms with Gasteiger partial charge in [0.2, 0.25) is 0 Å². The largest absolute Gasteiger partial charge is 0.349 e. The van der Waals surface area contributed by atoms with E-state index in [0.717, 1.165) is 42.3 Å². The van der Waals surface area contributed by atoms with Gasteiger partial charge >= 0.3 is 0 Å². The summed E-state index contributed by atoms with van der Waals surface area (Å²) in [6.45, 7) is 5.11. The molecule has 1 spiro atoms. The maximum absolute atomic E-state index is 6.04. The SMILES string of the molecule is Cc1ccc(Cl)cc1NC(=S)N1CCC2(CC1)OCCO2. The Labute approximate surface area is 135 Å². The van der Waals surface area contributed by atoms with Crippen molar-refractivity contribution in [3.63, 3.8) is 0 Å². The molecule has 1 N–H and O–H groups in total. The number of likely N-dealkylation sites (tertiary alicyclic amines) is 1. The van der Waals surface area contributed by atoms with Crippen LogP contribution in [0.25, 0.3) is 0 Å². The van der Waals surface area contributed by atoms with Gasteiger partial charge in [0.15, 0.2) is 10.9 Å². The summed E-state index contributed by atoms with van der Waals surface area (Å²) in [5.74, 6) is -0.363. The quantitative estimate of drug-likeness (QED) is 0.802. The van der Waals surface area contributed by atoms with E-state index in [2.05, 4.69) is 10.2 Å². The number of ether oxygens (including phenoxy) is 2. The van der Waals surface area contributed by atoms with E-state index in [-0.39, 0.29) is 5.79 Å². The van der Waals surface area contributed by atoms with Crippen LogP contribution in [0.4, 0.5) is 5.69 Å². The molecule has 2 aliphatic heterocycles. The summed E-state index contributed by atoms with van der Waals surface area (Å²) in [6, 6.07) is 5.76. The smallest absolute Gasteiger partial charge is 0.173 e. The maximum Gasteiger partial charge on any atom is 0.173 e. The van der Waals surface area contributed by atoms with Crippen molar-refractivity contribution in [2.24, 2.45) is 0 Å². The van der Waals surface area contributed by atoms with Crippen LogP contribution in [0.5, 0.6) is 0 Å². The van der Waals surface area contributed by atoms with Crippen molar-refractivity contribution in [1.82, 2.24) is 4.90 Å². The van der Waals surface area contributed by atoms with Crippen molar-refractivity contribution in [2.75, 3.05) is 31.6 Å². The van der Waals surface area contributed by atoms with Crippen LogP contribution in [-0.4, -0.2) is 42.1 Å². The first-order chi connectivity index (χ1) is 10.1. The zero-order valence-electron chi connectivity index (χ0n) is 12.0. The Balaban J connectivity index is 1.60. The van der Waals surface area contributed by atoms with E-state index >= 15 is 0 Å². The van der Waals surface area contributed by atoms with Gasteiger partial charge in [0.1, 0.15) is 0 Å². The maximum atomic E-state index is 6.04. The molecule has 4 nitrogen and oxygen atoms in total. The fraction of sp³-hybridized carbons (Fsp3) is 0.533. The second-order valence-electron chi connectivity index (χ2n) is 5.48. The third-order valence-corrected chi connectivity index (χ3v) is 4.66. The van der Waals surface area contributed by atoms with Crippen LogP contribution < -0.4 is 5.32 Å². The molecule has 0 aliphatic carbocycles. The first-order valence-electron chi connectivity index (χ1n) is 7.18. The molecule has 1 aromatic carbocycles. The van der Waals surface area contributed by atoms with E-state index in [1.165, 1.54) is 0 Å². The van der Waals surface area contributed by atoms with Crippen molar-refractivity contribution >= 4 is 34.6 Å². The Morgan fingerprint density at radius 1 is 1.29 bits per heavy atom. The van der Waals surface area contributed by atoms with Crippen molar-refractivity contribution in [3.8, 4) is 0 Å². The van der Waals surface area contributed by atoms with Gasteiger partial charge in [-0.2, -0.15) is 0 Å². The van der Waals surface area contributed by atoms with Crippen LogP contribution >= 0.6 is 23.8 Å². The van der Waals surface area contributed by atoms with Gasteiger partial charge in [0.05, 0.1) is 13.2 Å². The Morgan fingerprint density at radius 2 is 1.95 bits per heavy atom. The number of hydrogen-bond donors (Lipinski definition) is 1. The topological polar surface area (TPSA) is 33.7 Å². The Kier molecular flexibility index (Phi) is 4.36. The summed E-state index contributed by atoms with van der Waals surface area (Å²) in [6.07, 6.45) is 1.70. The lowest BCUT2D eigenvalue weighted by atomic mass is 10.0. The summed E-state index contributed by atoms with van der Waals surface area (Å²) in [5.41, 5.74) is 2.08. The van der Waals surface area contributed by atoms with E-state index in [1.54, 1.807) is 0 Å². The van der Waals surface area contributed by atoms with E-state index in [0.29, 0.717) is 18.2 Å². The molecule has 6 heteroatoms. The lowest BCUT2D eigenvalue weighted by Gasteiger charge is -2.38. The zero-order valence-corrected chi connectivity index (χ0v) is 13.6. The van der Waals surface area contributed by atoms with Gasteiger partial charge in [-0.3, -0.25) is 0 Å². The van der Waals surface area contributed by atoms with Crippen molar-refractivity contribution < 1.29 is 9.47 Å². The number of hydrogen-bond acceptors (Lipinski definition) is 3. The minimum absolute atomic E-state index is 0.363. The normalized spacial score (nSPS) is 20.8. The number of aryl methyl sites for hydroxylation is 1. The molecule has 3 rings (SSSR count). The van der Waals surface area contributed by atoms with Gasteiger partial charge in [-0.05, 0) is 36.8 Å². The molecule has 2 saturated heterocycles. The van der Waals surface area contributed by atoms with Gasteiger partial charge in [0.25, 0.3) is 0 Å². The summed E-state index contributed by atoms with van der Waals surface area (Å²) in [5, 5.41) is 4.73. The molecule has 114 valence electrons. The average molecular weight is 327 g/mol. The minimum Gasteiger partial charge on any atom is -0.349 e. The monoisotopic (exact) mass is 326 g/mol. The van der Waals surface area contributed by atoms with E-state index < -0.39 is 0 Å². The number of piperidine rings is 1. The molecule has 2 heterocycles. The molecule has 1 aromatic rings. The summed E-state index contributed by atoms with van der Waals surface area (Å²) < 4.78 is 11.5. The van der Waals surface area contributed by atoms with Gasteiger partial charge in [-0.1, -0.05) is 17.7 Å². The number of rotatable bonds is 1. The molecule has 0 radical (unpaired) electrons. The number of nitrogens with one attached hydrogen (secondary N) is 1. The molecule has 0 amide bonds. The van der Waals surface area contributed by atoms with Gasteiger partial charge < -0.3 is 19.7 Å². The highest BCUT2D eigenvalue weighted by molar-refractivity contribution is 7.80. The standard InChI is InChI=1S/C15H19ClN2O2S/c1-11-2-3-12(16)10-13(11)17-14(21)18-6-4-15(5-7-18)19-8-9-20-15/h2-3,10H,4-9H2,1H3,(H,17,21). The van der Waals surface area contributed by atoms with Crippen molar-refractivity contribution in [1.29, 1.82) is 0 Å². The molecule has 2 aliphatic rings. The summed E-state index contributed by atoms with van der Waals surface area (Å²) >= 11 is 11.6. The van der Waals surface area contributed by atoms with Crippen LogP contribution in [-0.2, 0) is 9.47 Å². The molecule has 0 unspecified atom stereocenters. The Bertz CT molecular complexity index is 536. The Morgan fingerprint density at radius 3 is 2.62 bits per heavy atom. The molecule has 21 heavy (non-hydrogen) atoms. The number of halogens is 1. The number of benzene rings is 1. The van der Waals surface area contributed by atoms with E-state index in [1.807, 2.05) is 25.1 Å². The minimum atomic E-state index is -0.363. The van der Waals surface area contributed by atoms with Crippen LogP contribution in [0.2, 0.25) is 5.02 Å². The van der Waals surface area contributed by atoms with Crippen LogP contribution in [0.1, 0.15) is 18.4 Å². The fourth-order valence-corrected chi connectivity index (χ4v) is 3.22. The highest BCUT2D eigenvalue weighted by atomic mass is 35.5. The Hall–Kier alpha value is -0.880. The first kappa shape index (κ1) is 15.0. The van der Waals surface area contributed by atoms with Gasteiger partial charge in [0, 0.05) is 36.6 Å². The molecule has 0 saturated carbocycles. The molecule has 0 aromatic heterocycles. The van der Waals surface area contributed by atoms with Crippen molar-refractivity contribution in [2.45, 2.75) is 25.6 Å². The third kappa shape index (κ3) is 3.31. The van der Waals surface area contributed by atoms with E-state index in [9.17, 15) is 0 Å². The number of anilines is 1. The molecule has 0 bridgehead atoms. The zero-order chi connectivity index (χ0) is 14.9. The highest BCUT2D eigenvalue weighted by Crippen LogP contribution is 2.31. The van der Waals surface area contributed by atoms with Crippen LogP contribution in [0, 0.1) is 6.92 Å². The van der Waals surface area contributed by atoms with Crippen LogP contribution in [0.3, 0.4) is 0 Å². The van der Waals surface area contributed by atoms with Crippen molar-refractivity contribution in [3.05, 3.63) is 28.8 Å². The summed E-state index contributed by atoms with van der Waals surface area (Å²) in [4.78, 5) is 2.16. The summed E-state index contributed by atoms with van der Waals surface area (Å²) in [7, 11) is 0. The lowest BCUT2D eigenvalue weighted by Crippen LogP contribution is -2.48. The van der Waals surface area contributed by atoms with E-state index in [4.69, 9.17) is 33.3 Å². The highest BCUT2D eigenvalue weighted by Gasteiger charge is 2.40. The average Bonchev–Trinajstić information content (AvgIpc) is 2.92. The second kappa shape index (κ2) is 6.08. The molecule has 2 fully saturated rings. The lowest BCUT2D eigenvalue weighted by molar-refractivity contribution is -0.180.